The Morgan fingerprint density at radius 2 is 1.84 bits per heavy atom. The topological polar surface area (TPSA) is 69.6 Å². The van der Waals surface area contributed by atoms with Gasteiger partial charge in [-0.3, -0.25) is 14.6 Å². The molecule has 2 aromatic rings. The third kappa shape index (κ3) is 5.95. The van der Waals surface area contributed by atoms with Crippen molar-refractivity contribution in [3.63, 3.8) is 0 Å². The third-order valence-corrected chi connectivity index (χ3v) is 5.33. The van der Waals surface area contributed by atoms with Gasteiger partial charge in [0.25, 0.3) is 5.91 Å². The van der Waals surface area contributed by atoms with Gasteiger partial charge in [-0.25, -0.2) is 4.98 Å². The monoisotopic (exact) mass is 449 g/mol. The minimum absolute atomic E-state index is 0.0817. The van der Waals surface area contributed by atoms with Crippen LogP contribution in [-0.2, 0) is 11.0 Å². The molecular formula is C22H26F3N5O2. The van der Waals surface area contributed by atoms with Gasteiger partial charge in [-0.2, -0.15) is 13.2 Å². The van der Waals surface area contributed by atoms with Gasteiger partial charge < -0.3 is 14.7 Å². The van der Waals surface area contributed by atoms with E-state index >= 15 is 0 Å². The summed E-state index contributed by atoms with van der Waals surface area (Å²) in [6, 6.07) is 5.23. The van der Waals surface area contributed by atoms with E-state index in [0.717, 1.165) is 18.6 Å². The van der Waals surface area contributed by atoms with Crippen molar-refractivity contribution in [2.24, 2.45) is 0 Å². The number of alkyl halides is 3. The fraction of sp³-hybridized carbons (Fsp3) is 0.455. The molecule has 0 N–H and O–H groups in total. The second kappa shape index (κ2) is 10.4. The number of carbonyl (C=O) groups is 2. The number of hydrogen-bond acceptors (Lipinski definition) is 5. The molecule has 1 fully saturated rings. The standard InChI is InChI=1S/C22H26F3N5O2/c1-2-9-30(21(32)19-16-26-7-8-27-19)10-6-20(31)29-13-11-28(12-14-29)18-5-3-4-17(15-18)22(23,24)25/h3-5,7-8,15-16H,2,6,9-14H2,1H3. The fourth-order valence-electron chi connectivity index (χ4n) is 3.64. The van der Waals surface area contributed by atoms with Gasteiger partial charge in [0.05, 0.1) is 11.8 Å². The zero-order chi connectivity index (χ0) is 23.1. The number of anilines is 1. The van der Waals surface area contributed by atoms with Gasteiger partial charge in [-0.15, -0.1) is 0 Å². The number of amides is 2. The molecule has 0 spiro atoms. The first-order chi connectivity index (χ1) is 15.3. The highest BCUT2D eigenvalue weighted by atomic mass is 19.4. The molecule has 1 aliphatic heterocycles. The average molecular weight is 449 g/mol. The van der Waals surface area contributed by atoms with Gasteiger partial charge in [0.2, 0.25) is 5.91 Å². The molecule has 32 heavy (non-hydrogen) atoms. The second-order valence-electron chi connectivity index (χ2n) is 7.55. The molecule has 0 atom stereocenters. The Hall–Kier alpha value is -3.17. The number of rotatable bonds is 7. The zero-order valence-electron chi connectivity index (χ0n) is 17.9. The number of benzene rings is 1. The summed E-state index contributed by atoms with van der Waals surface area (Å²) in [6.45, 7) is 4.46. The van der Waals surface area contributed by atoms with Crippen LogP contribution < -0.4 is 4.90 Å². The van der Waals surface area contributed by atoms with Crippen molar-refractivity contribution in [1.82, 2.24) is 19.8 Å². The number of piperazine rings is 1. The van der Waals surface area contributed by atoms with Crippen LogP contribution in [0.1, 0.15) is 35.8 Å². The molecular weight excluding hydrogens is 423 g/mol. The first-order valence-electron chi connectivity index (χ1n) is 10.5. The van der Waals surface area contributed by atoms with Gasteiger partial charge in [0.15, 0.2) is 0 Å². The van der Waals surface area contributed by atoms with Crippen molar-refractivity contribution >= 4 is 17.5 Å². The van der Waals surface area contributed by atoms with E-state index in [4.69, 9.17) is 0 Å². The number of aromatic nitrogens is 2. The van der Waals surface area contributed by atoms with E-state index in [-0.39, 0.29) is 30.5 Å². The minimum Gasteiger partial charge on any atom is -0.368 e. The lowest BCUT2D eigenvalue weighted by Crippen LogP contribution is -2.49. The lowest BCUT2D eigenvalue weighted by molar-refractivity contribution is -0.137. The van der Waals surface area contributed by atoms with E-state index in [1.807, 2.05) is 11.8 Å². The van der Waals surface area contributed by atoms with E-state index in [1.54, 1.807) is 15.9 Å². The van der Waals surface area contributed by atoms with Crippen LogP contribution in [0.15, 0.2) is 42.9 Å². The molecule has 0 bridgehead atoms. The highest BCUT2D eigenvalue weighted by molar-refractivity contribution is 5.92. The molecule has 1 aromatic heterocycles. The molecule has 1 aromatic carbocycles. The SMILES string of the molecule is CCCN(CCC(=O)N1CCN(c2cccc(C(F)(F)F)c2)CC1)C(=O)c1cnccn1. The van der Waals surface area contributed by atoms with Crippen LogP contribution in [-0.4, -0.2) is 70.9 Å². The largest absolute Gasteiger partial charge is 0.416 e. The molecule has 7 nitrogen and oxygen atoms in total. The molecule has 0 saturated carbocycles. The molecule has 1 aliphatic rings. The smallest absolute Gasteiger partial charge is 0.368 e. The van der Waals surface area contributed by atoms with Gasteiger partial charge in [0, 0.05) is 63.8 Å². The summed E-state index contributed by atoms with van der Waals surface area (Å²) in [6.07, 6.45) is 0.877. The lowest BCUT2D eigenvalue weighted by atomic mass is 10.1. The summed E-state index contributed by atoms with van der Waals surface area (Å²) in [7, 11) is 0. The Bertz CT molecular complexity index is 915. The third-order valence-electron chi connectivity index (χ3n) is 5.33. The van der Waals surface area contributed by atoms with Crippen LogP contribution in [0.3, 0.4) is 0 Å². The number of carbonyl (C=O) groups excluding carboxylic acids is 2. The highest BCUT2D eigenvalue weighted by Gasteiger charge is 2.31. The van der Waals surface area contributed by atoms with Crippen LogP contribution in [0.5, 0.6) is 0 Å². The van der Waals surface area contributed by atoms with Gasteiger partial charge >= 0.3 is 6.18 Å². The maximum Gasteiger partial charge on any atom is 0.416 e. The molecule has 0 unspecified atom stereocenters. The molecule has 2 heterocycles. The molecule has 0 aliphatic carbocycles. The molecule has 0 radical (unpaired) electrons. The summed E-state index contributed by atoms with van der Waals surface area (Å²) in [5, 5.41) is 0. The van der Waals surface area contributed by atoms with E-state index < -0.39 is 11.7 Å². The summed E-state index contributed by atoms with van der Waals surface area (Å²) >= 11 is 0. The highest BCUT2D eigenvalue weighted by Crippen LogP contribution is 2.31. The predicted octanol–water partition coefficient (Wildman–Crippen LogP) is 3.09. The van der Waals surface area contributed by atoms with Crippen molar-refractivity contribution < 1.29 is 22.8 Å². The Labute approximate surface area is 184 Å². The Morgan fingerprint density at radius 3 is 2.47 bits per heavy atom. The molecule has 3 rings (SSSR count). The fourth-order valence-corrected chi connectivity index (χ4v) is 3.64. The van der Waals surface area contributed by atoms with E-state index in [9.17, 15) is 22.8 Å². The minimum atomic E-state index is -4.39. The first kappa shape index (κ1) is 23.5. The number of hydrogen-bond donors (Lipinski definition) is 0. The molecule has 2 amide bonds. The van der Waals surface area contributed by atoms with Crippen molar-refractivity contribution in [3.05, 3.63) is 54.1 Å². The Morgan fingerprint density at radius 1 is 1.09 bits per heavy atom. The number of halogens is 3. The van der Waals surface area contributed by atoms with E-state index in [1.165, 1.54) is 24.7 Å². The van der Waals surface area contributed by atoms with Gasteiger partial charge in [-0.1, -0.05) is 13.0 Å². The molecule has 10 heteroatoms. The lowest BCUT2D eigenvalue weighted by Gasteiger charge is -2.36. The van der Waals surface area contributed by atoms with E-state index in [0.29, 0.717) is 38.4 Å². The Balaban J connectivity index is 1.53. The number of nitrogens with zero attached hydrogens (tertiary/aromatic N) is 5. The Kier molecular flexibility index (Phi) is 7.66. The quantitative estimate of drug-likeness (QED) is 0.650. The van der Waals surface area contributed by atoms with Crippen LogP contribution >= 0.6 is 0 Å². The second-order valence-corrected chi connectivity index (χ2v) is 7.55. The summed E-state index contributed by atoms with van der Waals surface area (Å²) < 4.78 is 38.9. The van der Waals surface area contributed by atoms with Crippen LogP contribution in [0.4, 0.5) is 18.9 Å². The first-order valence-corrected chi connectivity index (χ1v) is 10.5. The van der Waals surface area contributed by atoms with Gasteiger partial charge in [-0.05, 0) is 24.6 Å². The maximum atomic E-state index is 13.0. The van der Waals surface area contributed by atoms with Crippen molar-refractivity contribution in [2.45, 2.75) is 25.9 Å². The molecule has 1 saturated heterocycles. The normalized spacial score (nSPS) is 14.4. The summed E-state index contributed by atoms with van der Waals surface area (Å²) in [5.41, 5.74) is 0.0519. The summed E-state index contributed by atoms with van der Waals surface area (Å²) in [5.74, 6) is -0.344. The maximum absolute atomic E-state index is 13.0. The predicted molar refractivity (Wildman–Crippen MR) is 113 cm³/mol. The van der Waals surface area contributed by atoms with Crippen LogP contribution in [0.25, 0.3) is 0 Å². The van der Waals surface area contributed by atoms with Crippen LogP contribution in [0, 0.1) is 0 Å². The van der Waals surface area contributed by atoms with Crippen molar-refractivity contribution in [3.8, 4) is 0 Å². The van der Waals surface area contributed by atoms with Crippen molar-refractivity contribution in [1.29, 1.82) is 0 Å². The zero-order valence-corrected chi connectivity index (χ0v) is 17.9. The summed E-state index contributed by atoms with van der Waals surface area (Å²) in [4.78, 5) is 38.4. The van der Waals surface area contributed by atoms with Crippen LogP contribution in [0.2, 0.25) is 0 Å². The molecule has 172 valence electrons. The van der Waals surface area contributed by atoms with Crippen molar-refractivity contribution in [2.75, 3.05) is 44.2 Å². The average Bonchev–Trinajstić information content (AvgIpc) is 2.81. The van der Waals surface area contributed by atoms with Gasteiger partial charge in [0.1, 0.15) is 5.69 Å². The van der Waals surface area contributed by atoms with E-state index in [2.05, 4.69) is 9.97 Å².